The highest BCUT2D eigenvalue weighted by molar-refractivity contribution is 7.71. The van der Waals surface area contributed by atoms with Crippen molar-refractivity contribution < 1.29 is 0 Å². The topological polar surface area (TPSA) is 58.9 Å². The van der Waals surface area contributed by atoms with E-state index in [1.165, 1.54) is 5.56 Å². The highest BCUT2D eigenvalue weighted by Crippen LogP contribution is 2.13. The second kappa shape index (κ2) is 6.44. The van der Waals surface area contributed by atoms with E-state index in [0.29, 0.717) is 16.3 Å². The van der Waals surface area contributed by atoms with Crippen LogP contribution in [0.1, 0.15) is 18.1 Å². The molecule has 0 saturated carbocycles. The summed E-state index contributed by atoms with van der Waals surface area (Å²) in [5, 5.41) is 11.4. The predicted octanol–water partition coefficient (Wildman–Crippen LogP) is 3.45. The van der Waals surface area contributed by atoms with Crippen LogP contribution in [0.2, 0.25) is 0 Å². The summed E-state index contributed by atoms with van der Waals surface area (Å²) in [6.45, 7) is 2.13. The van der Waals surface area contributed by atoms with Crippen LogP contribution in [0.3, 0.4) is 0 Å². The fraction of sp³-hybridized carbons (Fsp3) is 0.125. The van der Waals surface area contributed by atoms with E-state index in [2.05, 4.69) is 39.3 Å². The molecule has 1 aromatic carbocycles. The van der Waals surface area contributed by atoms with Crippen molar-refractivity contribution in [1.82, 2.24) is 19.9 Å². The maximum Gasteiger partial charge on any atom is 0.216 e. The van der Waals surface area contributed by atoms with Crippen LogP contribution in [0.5, 0.6) is 0 Å². The molecule has 0 aliphatic rings. The predicted molar refractivity (Wildman–Crippen MR) is 89.5 cm³/mol. The molecule has 0 bridgehead atoms. The number of aryl methyl sites for hydroxylation is 1. The molecule has 0 atom stereocenters. The first-order valence-electron chi connectivity index (χ1n) is 7.00. The molecule has 2 aromatic heterocycles. The normalized spacial score (nSPS) is 11.1. The number of aromatic amines is 1. The third-order valence-corrected chi connectivity index (χ3v) is 3.52. The van der Waals surface area contributed by atoms with Gasteiger partial charge in [0.15, 0.2) is 0 Å². The molecule has 2 heterocycles. The lowest BCUT2D eigenvalue weighted by atomic mass is 10.1. The fourth-order valence-corrected chi connectivity index (χ4v) is 2.20. The van der Waals surface area contributed by atoms with Crippen molar-refractivity contribution in [3.05, 3.63) is 64.6 Å². The molecule has 0 amide bonds. The highest BCUT2D eigenvalue weighted by Gasteiger charge is 2.08. The first-order chi connectivity index (χ1) is 10.8. The number of pyridine rings is 1. The molecule has 1 N–H and O–H groups in total. The Bertz CT molecular complexity index is 831. The van der Waals surface area contributed by atoms with Gasteiger partial charge in [0.1, 0.15) is 5.69 Å². The lowest BCUT2D eigenvalue weighted by Crippen LogP contribution is -1.96. The van der Waals surface area contributed by atoms with Gasteiger partial charge in [-0.3, -0.25) is 4.98 Å². The molecule has 22 heavy (non-hydrogen) atoms. The Morgan fingerprint density at radius 1 is 1.23 bits per heavy atom. The van der Waals surface area contributed by atoms with Crippen LogP contribution in [0.25, 0.3) is 11.5 Å². The van der Waals surface area contributed by atoms with Gasteiger partial charge >= 0.3 is 0 Å². The van der Waals surface area contributed by atoms with E-state index in [4.69, 9.17) is 12.2 Å². The van der Waals surface area contributed by atoms with E-state index in [9.17, 15) is 0 Å². The number of hydrogen-bond acceptors (Lipinski definition) is 4. The zero-order valence-corrected chi connectivity index (χ0v) is 12.9. The number of nitrogens with zero attached hydrogens (tertiary/aromatic N) is 4. The first kappa shape index (κ1) is 14.3. The van der Waals surface area contributed by atoms with E-state index < -0.39 is 0 Å². The van der Waals surface area contributed by atoms with Crippen LogP contribution >= 0.6 is 12.2 Å². The monoisotopic (exact) mass is 309 g/mol. The maximum absolute atomic E-state index is 5.23. The van der Waals surface area contributed by atoms with Gasteiger partial charge in [-0.05, 0) is 41.9 Å². The van der Waals surface area contributed by atoms with Crippen LogP contribution in [-0.2, 0) is 6.42 Å². The Hall–Kier alpha value is -2.60. The molecule has 3 aromatic rings. The number of rotatable bonds is 4. The van der Waals surface area contributed by atoms with Gasteiger partial charge in [-0.1, -0.05) is 37.3 Å². The summed E-state index contributed by atoms with van der Waals surface area (Å²) >= 11 is 5.23. The molecule has 0 aliphatic heterocycles. The average Bonchev–Trinajstić information content (AvgIpc) is 2.95. The second-order valence-electron chi connectivity index (χ2n) is 4.72. The molecule has 6 heteroatoms. The number of aromatic nitrogens is 4. The standard InChI is InChI=1S/C16H15N5S/c1-2-12-6-8-13(9-7-12)11-18-21-15(19-20-16(21)22)14-5-3-4-10-17-14/h3-11H,2H2,1H3,(H,20,22)/b18-11-. The van der Waals surface area contributed by atoms with E-state index in [1.807, 2.05) is 30.3 Å². The molecule has 0 saturated heterocycles. The minimum atomic E-state index is 0.432. The zero-order valence-electron chi connectivity index (χ0n) is 12.1. The van der Waals surface area contributed by atoms with Crippen LogP contribution in [0.15, 0.2) is 53.8 Å². The SMILES string of the molecule is CCc1ccc(/C=N\n2c(-c3ccccn3)n[nH]c2=S)cc1. The summed E-state index contributed by atoms with van der Waals surface area (Å²) in [7, 11) is 0. The molecule has 5 nitrogen and oxygen atoms in total. The Morgan fingerprint density at radius 3 is 2.73 bits per heavy atom. The van der Waals surface area contributed by atoms with Crippen molar-refractivity contribution in [2.24, 2.45) is 5.10 Å². The Morgan fingerprint density at radius 2 is 2.05 bits per heavy atom. The Kier molecular flexibility index (Phi) is 4.20. The number of hydrogen-bond donors (Lipinski definition) is 1. The summed E-state index contributed by atoms with van der Waals surface area (Å²) in [4.78, 5) is 4.28. The highest BCUT2D eigenvalue weighted by atomic mass is 32.1. The van der Waals surface area contributed by atoms with E-state index in [1.54, 1.807) is 17.1 Å². The van der Waals surface area contributed by atoms with Crippen LogP contribution in [-0.4, -0.2) is 26.1 Å². The molecule has 0 radical (unpaired) electrons. The van der Waals surface area contributed by atoms with Crippen molar-refractivity contribution >= 4 is 18.4 Å². The molecule has 3 rings (SSSR count). The number of nitrogens with one attached hydrogen (secondary N) is 1. The molecule has 0 unspecified atom stereocenters. The minimum absolute atomic E-state index is 0.432. The van der Waals surface area contributed by atoms with E-state index in [-0.39, 0.29) is 0 Å². The average molecular weight is 309 g/mol. The molecule has 110 valence electrons. The quantitative estimate of drug-likeness (QED) is 0.593. The third kappa shape index (κ3) is 3.01. The first-order valence-corrected chi connectivity index (χ1v) is 7.41. The summed E-state index contributed by atoms with van der Waals surface area (Å²) in [5.41, 5.74) is 3.02. The van der Waals surface area contributed by atoms with Crippen LogP contribution < -0.4 is 0 Å². The smallest absolute Gasteiger partial charge is 0.216 e. The maximum atomic E-state index is 5.23. The van der Waals surface area contributed by atoms with Gasteiger partial charge < -0.3 is 0 Å². The van der Waals surface area contributed by atoms with Gasteiger partial charge in [0, 0.05) is 6.20 Å². The third-order valence-electron chi connectivity index (χ3n) is 3.25. The van der Waals surface area contributed by atoms with Crippen molar-refractivity contribution in [3.8, 4) is 11.5 Å². The number of benzene rings is 1. The van der Waals surface area contributed by atoms with Gasteiger partial charge in [0.05, 0.1) is 6.21 Å². The molecule has 0 spiro atoms. The molecular formula is C16H15N5S. The van der Waals surface area contributed by atoms with Crippen molar-refractivity contribution in [2.45, 2.75) is 13.3 Å². The van der Waals surface area contributed by atoms with Gasteiger partial charge in [-0.2, -0.15) is 14.9 Å². The number of H-pyrrole nitrogens is 1. The molecule has 0 fully saturated rings. The van der Waals surface area contributed by atoms with Gasteiger partial charge in [-0.25, -0.2) is 5.10 Å². The molecular weight excluding hydrogens is 294 g/mol. The van der Waals surface area contributed by atoms with Gasteiger partial charge in [0.2, 0.25) is 10.6 Å². The Balaban J connectivity index is 1.93. The van der Waals surface area contributed by atoms with Crippen molar-refractivity contribution in [2.75, 3.05) is 0 Å². The Labute approximate surface area is 133 Å². The lowest BCUT2D eigenvalue weighted by molar-refractivity contribution is 0.867. The van der Waals surface area contributed by atoms with Gasteiger partial charge in [0.25, 0.3) is 0 Å². The molecule has 0 aliphatic carbocycles. The lowest BCUT2D eigenvalue weighted by Gasteiger charge is -2.00. The van der Waals surface area contributed by atoms with E-state index >= 15 is 0 Å². The minimum Gasteiger partial charge on any atom is -0.253 e. The van der Waals surface area contributed by atoms with Crippen LogP contribution in [0.4, 0.5) is 0 Å². The fourth-order valence-electron chi connectivity index (χ4n) is 2.02. The summed E-state index contributed by atoms with van der Waals surface area (Å²) in [6, 6.07) is 13.9. The van der Waals surface area contributed by atoms with Crippen molar-refractivity contribution in [3.63, 3.8) is 0 Å². The summed E-state index contributed by atoms with van der Waals surface area (Å²) in [6.07, 6.45) is 4.50. The second-order valence-corrected chi connectivity index (χ2v) is 5.11. The van der Waals surface area contributed by atoms with Crippen LogP contribution in [0, 0.1) is 4.77 Å². The van der Waals surface area contributed by atoms with E-state index in [0.717, 1.165) is 12.0 Å². The summed E-state index contributed by atoms with van der Waals surface area (Å²) < 4.78 is 2.01. The summed E-state index contributed by atoms with van der Waals surface area (Å²) in [5.74, 6) is 0.590. The largest absolute Gasteiger partial charge is 0.253 e. The zero-order chi connectivity index (χ0) is 15.4. The van der Waals surface area contributed by atoms with Crippen molar-refractivity contribution in [1.29, 1.82) is 0 Å². The van der Waals surface area contributed by atoms with Gasteiger partial charge in [-0.15, -0.1) is 0 Å².